The number of rotatable bonds is 6. The van der Waals surface area contributed by atoms with Crippen LogP contribution < -0.4 is 15.7 Å². The van der Waals surface area contributed by atoms with Crippen LogP contribution in [-0.4, -0.2) is 27.8 Å². The summed E-state index contributed by atoms with van der Waals surface area (Å²) < 4.78 is 6.20. The Balaban J connectivity index is 1.85. The normalized spacial score (nSPS) is 11.7. The molecule has 0 bridgehead atoms. The number of aromatic nitrogens is 3. The molecular formula is C20H19ClN4O3. The van der Waals surface area contributed by atoms with Crippen molar-refractivity contribution in [3.8, 4) is 17.0 Å². The lowest BCUT2D eigenvalue weighted by Gasteiger charge is -2.17. The van der Waals surface area contributed by atoms with Gasteiger partial charge >= 0.3 is 5.69 Å². The summed E-state index contributed by atoms with van der Waals surface area (Å²) in [5.41, 5.74) is 1.02. The molecule has 0 saturated heterocycles. The van der Waals surface area contributed by atoms with E-state index >= 15 is 0 Å². The third-order valence-electron chi connectivity index (χ3n) is 4.22. The van der Waals surface area contributed by atoms with Crippen molar-refractivity contribution in [2.45, 2.75) is 19.4 Å². The number of methoxy groups -OCH3 is 1. The number of hydrogen-bond donors (Lipinski definition) is 1. The van der Waals surface area contributed by atoms with Gasteiger partial charge in [-0.15, -0.1) is 0 Å². The molecule has 0 spiro atoms. The average molecular weight is 399 g/mol. The number of amides is 1. The molecule has 8 heteroatoms. The van der Waals surface area contributed by atoms with Crippen LogP contribution in [0.4, 0.5) is 5.69 Å². The van der Waals surface area contributed by atoms with Gasteiger partial charge < -0.3 is 10.1 Å². The number of hydrogen-bond acceptors (Lipinski definition) is 5. The Kier molecular flexibility index (Phi) is 6.06. The summed E-state index contributed by atoms with van der Waals surface area (Å²) in [6, 6.07) is 13.2. The van der Waals surface area contributed by atoms with E-state index < -0.39 is 11.7 Å². The van der Waals surface area contributed by atoms with Crippen LogP contribution in [0, 0.1) is 0 Å². The van der Waals surface area contributed by atoms with Crippen LogP contribution in [0.25, 0.3) is 11.3 Å². The zero-order valence-electron chi connectivity index (χ0n) is 15.4. The lowest BCUT2D eigenvalue weighted by atomic mass is 10.1. The van der Waals surface area contributed by atoms with Crippen molar-refractivity contribution >= 4 is 23.2 Å². The number of para-hydroxylation sites is 1. The molecule has 0 fully saturated rings. The van der Waals surface area contributed by atoms with Gasteiger partial charge in [0, 0.05) is 5.56 Å². The summed E-state index contributed by atoms with van der Waals surface area (Å²) in [7, 11) is 1.58. The van der Waals surface area contributed by atoms with E-state index in [1.807, 2.05) is 0 Å². The van der Waals surface area contributed by atoms with E-state index in [2.05, 4.69) is 15.4 Å². The number of anilines is 1. The summed E-state index contributed by atoms with van der Waals surface area (Å²) in [6.07, 6.45) is 1.83. The quantitative estimate of drug-likeness (QED) is 0.686. The summed E-state index contributed by atoms with van der Waals surface area (Å²) >= 11 is 6.08. The minimum Gasteiger partial charge on any atom is -0.497 e. The molecule has 144 valence electrons. The van der Waals surface area contributed by atoms with Crippen LogP contribution in [0.2, 0.25) is 5.02 Å². The van der Waals surface area contributed by atoms with Crippen LogP contribution in [0.5, 0.6) is 5.75 Å². The van der Waals surface area contributed by atoms with E-state index in [0.717, 1.165) is 10.2 Å². The maximum Gasteiger partial charge on any atom is 0.365 e. The van der Waals surface area contributed by atoms with Crippen LogP contribution in [0.1, 0.15) is 19.4 Å². The first-order valence-electron chi connectivity index (χ1n) is 8.69. The highest BCUT2D eigenvalue weighted by molar-refractivity contribution is 6.33. The summed E-state index contributed by atoms with van der Waals surface area (Å²) in [6.45, 7) is 1.79. The Bertz CT molecular complexity index is 1030. The maximum absolute atomic E-state index is 12.7. The van der Waals surface area contributed by atoms with E-state index in [9.17, 15) is 9.59 Å². The van der Waals surface area contributed by atoms with Crippen molar-refractivity contribution in [3.05, 3.63) is 70.2 Å². The van der Waals surface area contributed by atoms with Crippen LogP contribution in [0.3, 0.4) is 0 Å². The molecule has 0 aliphatic rings. The smallest absolute Gasteiger partial charge is 0.365 e. The van der Waals surface area contributed by atoms with Crippen molar-refractivity contribution in [1.29, 1.82) is 0 Å². The Labute approximate surface area is 166 Å². The highest BCUT2D eigenvalue weighted by Gasteiger charge is 2.22. The second-order valence-corrected chi connectivity index (χ2v) is 6.40. The van der Waals surface area contributed by atoms with E-state index in [-0.39, 0.29) is 5.91 Å². The Morgan fingerprint density at radius 3 is 2.54 bits per heavy atom. The van der Waals surface area contributed by atoms with Gasteiger partial charge in [0.25, 0.3) is 0 Å². The van der Waals surface area contributed by atoms with Crippen LogP contribution >= 0.6 is 11.6 Å². The molecule has 2 aromatic carbocycles. The molecule has 0 unspecified atom stereocenters. The molecule has 0 radical (unpaired) electrons. The monoisotopic (exact) mass is 398 g/mol. The molecule has 0 saturated carbocycles. The SMILES string of the molecule is CC[C@@H](C(=O)Nc1ccccc1Cl)n1ncc(-c2ccc(OC)cc2)nc1=O. The predicted octanol–water partition coefficient (Wildman–Crippen LogP) is 3.56. The van der Waals surface area contributed by atoms with Gasteiger partial charge in [0.05, 0.1) is 29.7 Å². The van der Waals surface area contributed by atoms with E-state index in [1.165, 1.54) is 6.20 Å². The summed E-state index contributed by atoms with van der Waals surface area (Å²) in [5.74, 6) is 0.316. The second kappa shape index (κ2) is 8.67. The minimum absolute atomic E-state index is 0.368. The lowest BCUT2D eigenvalue weighted by molar-refractivity contribution is -0.119. The largest absolute Gasteiger partial charge is 0.497 e. The van der Waals surface area contributed by atoms with Crippen molar-refractivity contribution in [2.75, 3.05) is 12.4 Å². The van der Waals surface area contributed by atoms with Gasteiger partial charge in [0.1, 0.15) is 11.8 Å². The second-order valence-electron chi connectivity index (χ2n) is 5.99. The fraction of sp³-hybridized carbons (Fsp3) is 0.200. The molecule has 1 N–H and O–H groups in total. The molecule has 1 heterocycles. The number of nitrogens with zero attached hydrogens (tertiary/aromatic N) is 3. The van der Waals surface area contributed by atoms with Crippen molar-refractivity contribution in [2.24, 2.45) is 0 Å². The number of halogens is 1. The van der Waals surface area contributed by atoms with Gasteiger partial charge in [0.15, 0.2) is 0 Å². The highest BCUT2D eigenvalue weighted by Crippen LogP contribution is 2.23. The number of benzene rings is 2. The number of carbonyl (C=O) groups excluding carboxylic acids is 1. The fourth-order valence-electron chi connectivity index (χ4n) is 2.71. The number of carbonyl (C=O) groups is 1. The summed E-state index contributed by atoms with van der Waals surface area (Å²) in [5, 5.41) is 7.32. The Hall–Kier alpha value is -3.19. The molecular weight excluding hydrogens is 380 g/mol. The molecule has 3 rings (SSSR count). The van der Waals surface area contributed by atoms with Gasteiger partial charge in [-0.25, -0.2) is 9.48 Å². The van der Waals surface area contributed by atoms with Crippen molar-refractivity contribution in [1.82, 2.24) is 14.8 Å². The molecule has 3 aromatic rings. The van der Waals surface area contributed by atoms with Gasteiger partial charge in [-0.2, -0.15) is 10.1 Å². The first kappa shape index (κ1) is 19.6. The molecule has 28 heavy (non-hydrogen) atoms. The maximum atomic E-state index is 12.7. The standard InChI is InChI=1S/C20H19ClN4O3/c1-3-18(19(26)23-16-7-5-4-6-15(16)21)25-20(27)24-17(12-22-25)13-8-10-14(28-2)11-9-13/h4-12,18H,3H2,1-2H3,(H,23,26)/t18-/m0/s1. The lowest BCUT2D eigenvalue weighted by Crippen LogP contribution is -2.36. The molecule has 0 aliphatic heterocycles. The van der Waals surface area contributed by atoms with E-state index in [1.54, 1.807) is 62.6 Å². The highest BCUT2D eigenvalue weighted by atomic mass is 35.5. The van der Waals surface area contributed by atoms with Gasteiger partial charge in [-0.05, 0) is 42.8 Å². The first-order chi connectivity index (χ1) is 13.5. The number of nitrogens with one attached hydrogen (secondary N) is 1. The van der Waals surface area contributed by atoms with E-state index in [0.29, 0.717) is 28.6 Å². The molecule has 0 aliphatic carbocycles. The summed E-state index contributed by atoms with van der Waals surface area (Å²) in [4.78, 5) is 29.3. The van der Waals surface area contributed by atoms with Crippen LogP contribution in [0.15, 0.2) is 59.5 Å². The molecule has 1 aromatic heterocycles. The zero-order valence-corrected chi connectivity index (χ0v) is 16.2. The first-order valence-corrected chi connectivity index (χ1v) is 9.07. The predicted molar refractivity (Wildman–Crippen MR) is 108 cm³/mol. The molecule has 1 atom stereocenters. The topological polar surface area (TPSA) is 86.1 Å². The Morgan fingerprint density at radius 1 is 1.21 bits per heavy atom. The van der Waals surface area contributed by atoms with Crippen LogP contribution in [-0.2, 0) is 4.79 Å². The average Bonchev–Trinajstić information content (AvgIpc) is 2.71. The van der Waals surface area contributed by atoms with Gasteiger partial charge in [-0.3, -0.25) is 4.79 Å². The zero-order chi connectivity index (χ0) is 20.1. The van der Waals surface area contributed by atoms with Gasteiger partial charge in [0.2, 0.25) is 5.91 Å². The minimum atomic E-state index is -0.804. The third kappa shape index (κ3) is 4.20. The van der Waals surface area contributed by atoms with Crippen molar-refractivity contribution < 1.29 is 9.53 Å². The molecule has 7 nitrogen and oxygen atoms in total. The fourth-order valence-corrected chi connectivity index (χ4v) is 2.90. The van der Waals surface area contributed by atoms with Gasteiger partial charge in [-0.1, -0.05) is 30.7 Å². The third-order valence-corrected chi connectivity index (χ3v) is 4.55. The van der Waals surface area contributed by atoms with Crippen molar-refractivity contribution in [3.63, 3.8) is 0 Å². The number of ether oxygens (including phenoxy) is 1. The van der Waals surface area contributed by atoms with E-state index in [4.69, 9.17) is 16.3 Å². The Morgan fingerprint density at radius 2 is 1.93 bits per heavy atom. The molecule has 1 amide bonds.